The Morgan fingerprint density at radius 2 is 1.88 bits per heavy atom. The number of ether oxygens (including phenoxy) is 1. The molecule has 144 valence electrons. The normalized spacial score (nSPS) is 15.9. The van der Waals surface area contributed by atoms with E-state index in [1.54, 1.807) is 11.8 Å². The maximum atomic E-state index is 12.3. The number of amides is 1. The SMILES string of the molecule is CCOC(=O)C[C@H](O)C(=O)N1CCN(c2cc(C)nc(C(C)C)n2)CC1. The molecule has 1 aliphatic rings. The van der Waals surface area contributed by atoms with Gasteiger partial charge in [0.25, 0.3) is 5.91 Å². The average molecular weight is 364 g/mol. The molecule has 0 radical (unpaired) electrons. The van der Waals surface area contributed by atoms with E-state index in [1.165, 1.54) is 0 Å². The van der Waals surface area contributed by atoms with Crippen LogP contribution >= 0.6 is 0 Å². The number of aryl methyl sites for hydroxylation is 1. The fourth-order valence-corrected chi connectivity index (χ4v) is 2.83. The maximum Gasteiger partial charge on any atom is 0.308 e. The number of carbonyl (C=O) groups excluding carboxylic acids is 2. The lowest BCUT2D eigenvalue weighted by molar-refractivity contribution is -0.152. The van der Waals surface area contributed by atoms with Crippen molar-refractivity contribution in [3.8, 4) is 0 Å². The topological polar surface area (TPSA) is 95.9 Å². The Balaban J connectivity index is 1.94. The van der Waals surface area contributed by atoms with Crippen molar-refractivity contribution in [3.63, 3.8) is 0 Å². The number of aliphatic hydroxyl groups is 1. The zero-order valence-electron chi connectivity index (χ0n) is 15.9. The molecule has 1 fully saturated rings. The fraction of sp³-hybridized carbons (Fsp3) is 0.667. The van der Waals surface area contributed by atoms with Gasteiger partial charge in [-0.05, 0) is 13.8 Å². The molecule has 1 aromatic rings. The summed E-state index contributed by atoms with van der Waals surface area (Å²) in [6, 6.07) is 1.94. The number of rotatable bonds is 6. The van der Waals surface area contributed by atoms with Crippen molar-refractivity contribution in [2.75, 3.05) is 37.7 Å². The first kappa shape index (κ1) is 20.1. The summed E-state index contributed by atoms with van der Waals surface area (Å²) >= 11 is 0. The minimum Gasteiger partial charge on any atom is -0.466 e. The molecule has 1 aliphatic heterocycles. The second kappa shape index (κ2) is 8.93. The van der Waals surface area contributed by atoms with Gasteiger partial charge in [-0.2, -0.15) is 0 Å². The molecular formula is C18H28N4O4. The Morgan fingerprint density at radius 1 is 1.23 bits per heavy atom. The number of esters is 1. The minimum absolute atomic E-state index is 0.231. The zero-order chi connectivity index (χ0) is 19.3. The van der Waals surface area contributed by atoms with Gasteiger partial charge in [-0.25, -0.2) is 9.97 Å². The number of hydrogen-bond acceptors (Lipinski definition) is 7. The van der Waals surface area contributed by atoms with Crippen molar-refractivity contribution in [3.05, 3.63) is 17.6 Å². The van der Waals surface area contributed by atoms with E-state index in [0.717, 1.165) is 17.3 Å². The fourth-order valence-electron chi connectivity index (χ4n) is 2.83. The lowest BCUT2D eigenvalue weighted by Gasteiger charge is -2.36. The third kappa shape index (κ3) is 5.14. The van der Waals surface area contributed by atoms with E-state index in [1.807, 2.05) is 13.0 Å². The van der Waals surface area contributed by atoms with Gasteiger partial charge in [0.05, 0.1) is 13.0 Å². The largest absolute Gasteiger partial charge is 0.466 e. The Bertz CT molecular complexity index is 642. The highest BCUT2D eigenvalue weighted by atomic mass is 16.5. The van der Waals surface area contributed by atoms with Crippen LogP contribution in [0.25, 0.3) is 0 Å². The van der Waals surface area contributed by atoms with Crippen LogP contribution in [-0.4, -0.2) is 70.7 Å². The highest BCUT2D eigenvalue weighted by Crippen LogP contribution is 2.19. The van der Waals surface area contributed by atoms with Gasteiger partial charge in [-0.1, -0.05) is 13.8 Å². The molecule has 0 bridgehead atoms. The number of aromatic nitrogens is 2. The second-order valence-electron chi connectivity index (χ2n) is 6.72. The maximum absolute atomic E-state index is 12.3. The lowest BCUT2D eigenvalue weighted by atomic mass is 10.2. The number of carbonyl (C=O) groups is 2. The van der Waals surface area contributed by atoms with Crippen molar-refractivity contribution < 1.29 is 19.4 Å². The van der Waals surface area contributed by atoms with Crippen molar-refractivity contribution in [2.24, 2.45) is 0 Å². The molecule has 8 nitrogen and oxygen atoms in total. The van der Waals surface area contributed by atoms with E-state index in [-0.39, 0.29) is 18.9 Å². The molecule has 1 N–H and O–H groups in total. The van der Waals surface area contributed by atoms with E-state index >= 15 is 0 Å². The highest BCUT2D eigenvalue weighted by Gasteiger charge is 2.28. The molecule has 0 aromatic carbocycles. The Kier molecular flexibility index (Phi) is 6.90. The van der Waals surface area contributed by atoms with Crippen LogP contribution < -0.4 is 4.90 Å². The molecule has 2 rings (SSSR count). The first-order valence-corrected chi connectivity index (χ1v) is 9.04. The third-order valence-electron chi connectivity index (χ3n) is 4.24. The number of piperazine rings is 1. The van der Waals surface area contributed by atoms with E-state index in [2.05, 4.69) is 28.7 Å². The van der Waals surface area contributed by atoms with Gasteiger partial charge in [-0.3, -0.25) is 9.59 Å². The van der Waals surface area contributed by atoms with Crippen LogP contribution in [0.1, 0.15) is 44.6 Å². The molecule has 1 aromatic heterocycles. The van der Waals surface area contributed by atoms with Crippen molar-refractivity contribution >= 4 is 17.7 Å². The molecule has 0 unspecified atom stereocenters. The van der Waals surface area contributed by atoms with Gasteiger partial charge in [0.15, 0.2) is 0 Å². The predicted octanol–water partition coefficient (Wildman–Crippen LogP) is 0.871. The molecule has 1 atom stereocenters. The minimum atomic E-state index is -1.35. The van der Waals surface area contributed by atoms with E-state index in [0.29, 0.717) is 26.2 Å². The molecule has 1 amide bonds. The van der Waals surface area contributed by atoms with Crippen LogP contribution in [0.15, 0.2) is 6.07 Å². The Labute approximate surface area is 154 Å². The summed E-state index contributed by atoms with van der Waals surface area (Å²) < 4.78 is 4.77. The van der Waals surface area contributed by atoms with Crippen LogP contribution in [0, 0.1) is 6.92 Å². The third-order valence-corrected chi connectivity index (χ3v) is 4.24. The molecule has 0 spiro atoms. The summed E-state index contributed by atoms with van der Waals surface area (Å²) in [6.07, 6.45) is -1.66. The molecule has 8 heteroatoms. The molecule has 26 heavy (non-hydrogen) atoms. The Hall–Kier alpha value is -2.22. The summed E-state index contributed by atoms with van der Waals surface area (Å²) in [6.45, 7) is 10.2. The van der Waals surface area contributed by atoms with Crippen molar-refractivity contribution in [2.45, 2.75) is 46.1 Å². The van der Waals surface area contributed by atoms with Gasteiger partial charge in [0.2, 0.25) is 0 Å². The van der Waals surface area contributed by atoms with Gasteiger partial charge in [0, 0.05) is 43.9 Å². The van der Waals surface area contributed by atoms with Crippen LogP contribution in [0.2, 0.25) is 0 Å². The summed E-state index contributed by atoms with van der Waals surface area (Å²) in [4.78, 5) is 36.5. The van der Waals surface area contributed by atoms with Gasteiger partial charge in [0.1, 0.15) is 17.7 Å². The van der Waals surface area contributed by atoms with Crippen LogP contribution in [0.5, 0.6) is 0 Å². The van der Waals surface area contributed by atoms with Crippen LogP contribution in [0.3, 0.4) is 0 Å². The summed E-state index contributed by atoms with van der Waals surface area (Å²) in [5.41, 5.74) is 0.919. The first-order valence-electron chi connectivity index (χ1n) is 9.04. The smallest absolute Gasteiger partial charge is 0.308 e. The second-order valence-corrected chi connectivity index (χ2v) is 6.72. The molecule has 1 saturated heterocycles. The number of nitrogens with zero attached hydrogens (tertiary/aromatic N) is 4. The molecule has 0 saturated carbocycles. The summed E-state index contributed by atoms with van der Waals surface area (Å²) in [5, 5.41) is 9.96. The molecular weight excluding hydrogens is 336 g/mol. The number of aliphatic hydroxyl groups excluding tert-OH is 1. The average Bonchev–Trinajstić information content (AvgIpc) is 2.60. The quantitative estimate of drug-likeness (QED) is 0.748. The predicted molar refractivity (Wildman–Crippen MR) is 96.9 cm³/mol. The number of anilines is 1. The molecule has 0 aliphatic carbocycles. The zero-order valence-corrected chi connectivity index (χ0v) is 15.9. The summed E-state index contributed by atoms with van der Waals surface area (Å²) in [5.74, 6) is 0.919. The van der Waals surface area contributed by atoms with E-state index in [4.69, 9.17) is 4.74 Å². The van der Waals surface area contributed by atoms with E-state index in [9.17, 15) is 14.7 Å². The summed E-state index contributed by atoms with van der Waals surface area (Å²) in [7, 11) is 0. The van der Waals surface area contributed by atoms with Crippen LogP contribution in [0.4, 0.5) is 5.82 Å². The van der Waals surface area contributed by atoms with Crippen molar-refractivity contribution in [1.82, 2.24) is 14.9 Å². The Morgan fingerprint density at radius 3 is 2.46 bits per heavy atom. The molecule has 2 heterocycles. The van der Waals surface area contributed by atoms with Gasteiger partial charge >= 0.3 is 5.97 Å². The van der Waals surface area contributed by atoms with Gasteiger partial charge < -0.3 is 19.6 Å². The first-order chi connectivity index (χ1) is 12.3. The van der Waals surface area contributed by atoms with Crippen molar-refractivity contribution in [1.29, 1.82) is 0 Å². The lowest BCUT2D eigenvalue weighted by Crippen LogP contribution is -2.52. The highest BCUT2D eigenvalue weighted by molar-refractivity contribution is 5.85. The number of hydrogen-bond donors (Lipinski definition) is 1. The standard InChI is InChI=1S/C18H28N4O4/c1-5-26-16(24)11-14(23)18(25)22-8-6-21(7-9-22)15-10-13(4)19-17(20-15)12(2)3/h10,12,14,23H,5-9,11H2,1-4H3/t14-/m0/s1. The van der Waals surface area contributed by atoms with E-state index < -0.39 is 18.0 Å². The van der Waals surface area contributed by atoms with Crippen LogP contribution in [-0.2, 0) is 14.3 Å². The monoisotopic (exact) mass is 364 g/mol. The van der Waals surface area contributed by atoms with Gasteiger partial charge in [-0.15, -0.1) is 0 Å².